The van der Waals surface area contributed by atoms with Crippen LogP contribution in [0.1, 0.15) is 71.1 Å². The molecule has 2 aliphatic rings. The van der Waals surface area contributed by atoms with Gasteiger partial charge >= 0.3 is 5.97 Å². The van der Waals surface area contributed by atoms with Gasteiger partial charge in [-0.25, -0.2) is 0 Å². The largest absolute Gasteiger partial charge is 0.462 e. The summed E-state index contributed by atoms with van der Waals surface area (Å²) in [6, 6.07) is 0.560. The van der Waals surface area contributed by atoms with Crippen molar-refractivity contribution in [2.75, 3.05) is 13.1 Å². The molecule has 0 aliphatic heterocycles. The molecular weight excluding hydrogens is 278 g/mol. The van der Waals surface area contributed by atoms with Crippen LogP contribution in [0.2, 0.25) is 0 Å². The van der Waals surface area contributed by atoms with E-state index in [1.54, 1.807) is 0 Å². The van der Waals surface area contributed by atoms with Gasteiger partial charge in [0.15, 0.2) is 5.96 Å². The van der Waals surface area contributed by atoms with E-state index < -0.39 is 0 Å². The zero-order chi connectivity index (χ0) is 15.6. The molecule has 2 N–H and O–H groups in total. The summed E-state index contributed by atoms with van der Waals surface area (Å²) in [6.45, 7) is 3.61. The SMILES string of the molecule is CCNC(=NCCCC(=O)OC1CCCC1)NC1CCCC1. The summed E-state index contributed by atoms with van der Waals surface area (Å²) in [7, 11) is 0. The summed E-state index contributed by atoms with van der Waals surface area (Å²) in [6.07, 6.45) is 11.0. The number of carbonyl (C=O) groups excluding carboxylic acids is 1. The quantitative estimate of drug-likeness (QED) is 0.328. The number of carbonyl (C=O) groups is 1. The fourth-order valence-electron chi connectivity index (χ4n) is 3.25. The van der Waals surface area contributed by atoms with Crippen molar-refractivity contribution in [3.8, 4) is 0 Å². The maximum atomic E-state index is 11.7. The van der Waals surface area contributed by atoms with Gasteiger partial charge in [-0.15, -0.1) is 0 Å². The van der Waals surface area contributed by atoms with E-state index in [0.717, 1.165) is 31.8 Å². The van der Waals surface area contributed by atoms with E-state index in [1.165, 1.54) is 38.5 Å². The number of nitrogens with zero attached hydrogens (tertiary/aromatic N) is 1. The zero-order valence-corrected chi connectivity index (χ0v) is 13.9. The molecule has 0 spiro atoms. The molecule has 0 atom stereocenters. The molecular formula is C17H31N3O2. The van der Waals surface area contributed by atoms with Crippen molar-refractivity contribution in [1.29, 1.82) is 0 Å². The standard InChI is InChI=1S/C17H31N3O2/c1-2-18-17(20-14-8-3-4-9-14)19-13-7-12-16(21)22-15-10-5-6-11-15/h14-15H,2-13H2,1H3,(H2,18,19,20). The lowest BCUT2D eigenvalue weighted by Crippen LogP contribution is -2.42. The first-order valence-electron chi connectivity index (χ1n) is 9.02. The molecule has 0 aromatic rings. The summed E-state index contributed by atoms with van der Waals surface area (Å²) in [4.78, 5) is 16.3. The Morgan fingerprint density at radius 3 is 2.50 bits per heavy atom. The van der Waals surface area contributed by atoms with Gasteiger partial charge in [0.05, 0.1) is 0 Å². The first-order valence-corrected chi connectivity index (χ1v) is 9.02. The lowest BCUT2D eigenvalue weighted by atomic mass is 10.2. The highest BCUT2D eigenvalue weighted by atomic mass is 16.5. The van der Waals surface area contributed by atoms with Crippen LogP contribution in [0.5, 0.6) is 0 Å². The van der Waals surface area contributed by atoms with E-state index in [1.807, 2.05) is 0 Å². The smallest absolute Gasteiger partial charge is 0.306 e. The highest BCUT2D eigenvalue weighted by Crippen LogP contribution is 2.21. The van der Waals surface area contributed by atoms with Gasteiger partial charge in [-0.1, -0.05) is 12.8 Å². The van der Waals surface area contributed by atoms with Gasteiger partial charge < -0.3 is 15.4 Å². The summed E-state index contributed by atoms with van der Waals surface area (Å²) in [5.41, 5.74) is 0. The van der Waals surface area contributed by atoms with Crippen LogP contribution in [0.4, 0.5) is 0 Å². The monoisotopic (exact) mass is 309 g/mol. The zero-order valence-electron chi connectivity index (χ0n) is 13.9. The molecule has 126 valence electrons. The molecule has 5 nitrogen and oxygen atoms in total. The maximum Gasteiger partial charge on any atom is 0.306 e. The van der Waals surface area contributed by atoms with Gasteiger partial charge in [0, 0.05) is 25.6 Å². The molecule has 0 radical (unpaired) electrons. The van der Waals surface area contributed by atoms with Crippen LogP contribution in [0.3, 0.4) is 0 Å². The molecule has 0 aromatic heterocycles. The lowest BCUT2D eigenvalue weighted by molar-refractivity contribution is -0.148. The van der Waals surface area contributed by atoms with E-state index in [0.29, 0.717) is 19.0 Å². The fourth-order valence-corrected chi connectivity index (χ4v) is 3.25. The van der Waals surface area contributed by atoms with Gasteiger partial charge in [0.1, 0.15) is 6.10 Å². The second-order valence-electron chi connectivity index (χ2n) is 6.39. The Morgan fingerprint density at radius 1 is 1.14 bits per heavy atom. The van der Waals surface area contributed by atoms with Crippen molar-refractivity contribution >= 4 is 11.9 Å². The van der Waals surface area contributed by atoms with Crippen LogP contribution in [0.25, 0.3) is 0 Å². The van der Waals surface area contributed by atoms with Gasteiger partial charge in [0.2, 0.25) is 0 Å². The molecule has 2 rings (SSSR count). The van der Waals surface area contributed by atoms with Gasteiger partial charge in [-0.2, -0.15) is 0 Å². The van der Waals surface area contributed by atoms with Crippen molar-refractivity contribution in [3.63, 3.8) is 0 Å². The van der Waals surface area contributed by atoms with Crippen molar-refractivity contribution in [2.45, 2.75) is 83.3 Å². The summed E-state index contributed by atoms with van der Waals surface area (Å²) in [5, 5.41) is 6.77. The number of hydrogen-bond acceptors (Lipinski definition) is 3. The molecule has 0 heterocycles. The van der Waals surface area contributed by atoms with Crippen molar-refractivity contribution in [3.05, 3.63) is 0 Å². The third kappa shape index (κ3) is 6.24. The molecule has 5 heteroatoms. The summed E-state index contributed by atoms with van der Waals surface area (Å²) < 4.78 is 5.45. The third-order valence-corrected chi connectivity index (χ3v) is 4.45. The number of aliphatic imine (C=N–C) groups is 1. The molecule has 2 saturated carbocycles. The normalized spacial score (nSPS) is 20.3. The average Bonchev–Trinajstić information content (AvgIpc) is 3.17. The number of esters is 1. The van der Waals surface area contributed by atoms with E-state index in [2.05, 4.69) is 22.5 Å². The van der Waals surface area contributed by atoms with E-state index >= 15 is 0 Å². The molecule has 0 saturated heterocycles. The molecule has 0 bridgehead atoms. The van der Waals surface area contributed by atoms with Crippen LogP contribution in [0, 0.1) is 0 Å². The Labute approximate surface area is 134 Å². The Kier molecular flexibility index (Phi) is 7.54. The minimum absolute atomic E-state index is 0.0594. The molecule has 2 aliphatic carbocycles. The van der Waals surface area contributed by atoms with E-state index in [-0.39, 0.29) is 12.1 Å². The van der Waals surface area contributed by atoms with Crippen LogP contribution in [-0.4, -0.2) is 37.2 Å². The highest BCUT2D eigenvalue weighted by Gasteiger charge is 2.19. The van der Waals surface area contributed by atoms with Gasteiger partial charge in [-0.05, 0) is 51.9 Å². The molecule has 0 unspecified atom stereocenters. The minimum atomic E-state index is -0.0594. The predicted molar refractivity (Wildman–Crippen MR) is 89.0 cm³/mol. The van der Waals surface area contributed by atoms with Crippen molar-refractivity contribution < 1.29 is 9.53 Å². The number of ether oxygens (including phenoxy) is 1. The molecule has 0 amide bonds. The average molecular weight is 309 g/mol. The number of nitrogens with one attached hydrogen (secondary N) is 2. The predicted octanol–water partition coefficient (Wildman–Crippen LogP) is 2.75. The fraction of sp³-hybridized carbons (Fsp3) is 0.882. The highest BCUT2D eigenvalue weighted by molar-refractivity contribution is 5.80. The molecule has 2 fully saturated rings. The minimum Gasteiger partial charge on any atom is -0.462 e. The summed E-state index contributed by atoms with van der Waals surface area (Å²) in [5.74, 6) is 0.828. The Bertz CT molecular complexity index is 359. The third-order valence-electron chi connectivity index (χ3n) is 4.45. The lowest BCUT2D eigenvalue weighted by Gasteiger charge is -2.16. The maximum absolute atomic E-state index is 11.7. The molecule has 22 heavy (non-hydrogen) atoms. The van der Waals surface area contributed by atoms with Crippen LogP contribution in [0.15, 0.2) is 4.99 Å². The van der Waals surface area contributed by atoms with E-state index in [9.17, 15) is 4.79 Å². The number of rotatable bonds is 7. The Hall–Kier alpha value is -1.26. The number of guanidine groups is 1. The first-order chi connectivity index (χ1) is 10.8. The Balaban J connectivity index is 1.63. The summed E-state index contributed by atoms with van der Waals surface area (Å²) >= 11 is 0. The van der Waals surface area contributed by atoms with Crippen molar-refractivity contribution in [1.82, 2.24) is 10.6 Å². The van der Waals surface area contributed by atoms with Crippen LogP contribution < -0.4 is 10.6 Å². The van der Waals surface area contributed by atoms with Crippen molar-refractivity contribution in [2.24, 2.45) is 4.99 Å². The Morgan fingerprint density at radius 2 is 1.82 bits per heavy atom. The second-order valence-corrected chi connectivity index (χ2v) is 6.39. The first kappa shape index (κ1) is 17.1. The topological polar surface area (TPSA) is 62.7 Å². The van der Waals surface area contributed by atoms with Crippen LogP contribution in [-0.2, 0) is 9.53 Å². The van der Waals surface area contributed by atoms with Crippen LogP contribution >= 0.6 is 0 Å². The van der Waals surface area contributed by atoms with Gasteiger partial charge in [-0.3, -0.25) is 9.79 Å². The van der Waals surface area contributed by atoms with E-state index in [4.69, 9.17) is 4.74 Å². The second kappa shape index (κ2) is 9.70. The molecule has 0 aromatic carbocycles. The van der Waals surface area contributed by atoms with Gasteiger partial charge in [0.25, 0.3) is 0 Å². The number of hydrogen-bond donors (Lipinski definition) is 2.